The smallest absolute Gasteiger partial charge is 0.253 e. The van der Waals surface area contributed by atoms with Crippen molar-refractivity contribution in [3.05, 3.63) is 91.2 Å². The van der Waals surface area contributed by atoms with Gasteiger partial charge in [-0.2, -0.15) is 0 Å². The highest BCUT2D eigenvalue weighted by molar-refractivity contribution is 5.94. The third-order valence-electron chi connectivity index (χ3n) is 6.67. The number of hydrogen-bond donors (Lipinski definition) is 2. The molecule has 0 aromatic heterocycles. The second-order valence-electron chi connectivity index (χ2n) is 8.74. The molecule has 0 radical (unpaired) electrons. The van der Waals surface area contributed by atoms with Gasteiger partial charge in [0.15, 0.2) is 0 Å². The molecule has 1 unspecified atom stereocenters. The highest BCUT2D eigenvalue weighted by Crippen LogP contribution is 2.30. The summed E-state index contributed by atoms with van der Waals surface area (Å²) in [5, 5.41) is 6.31. The largest absolute Gasteiger partial charge is 0.376 e. The molecule has 6 nitrogen and oxygen atoms in total. The van der Waals surface area contributed by atoms with E-state index in [1.165, 1.54) is 11.1 Å². The quantitative estimate of drug-likeness (QED) is 0.588. The Hall–Kier alpha value is -3.41. The molecule has 2 N–H and O–H groups in total. The van der Waals surface area contributed by atoms with Crippen molar-refractivity contribution in [2.24, 2.45) is 0 Å². The number of hydrogen-bond acceptors (Lipinski definition) is 5. The third-order valence-corrected chi connectivity index (χ3v) is 6.67. The van der Waals surface area contributed by atoms with Gasteiger partial charge in [0.25, 0.3) is 16.8 Å². The van der Waals surface area contributed by atoms with Gasteiger partial charge in [0.1, 0.15) is 11.4 Å². The zero-order valence-electron chi connectivity index (χ0n) is 18.0. The van der Waals surface area contributed by atoms with Crippen LogP contribution in [0.4, 0.5) is 11.4 Å². The summed E-state index contributed by atoms with van der Waals surface area (Å²) >= 11 is 0. The highest BCUT2D eigenvalue weighted by atomic mass is 16.2. The minimum atomic E-state index is -0.435. The van der Waals surface area contributed by atoms with Crippen molar-refractivity contribution in [2.45, 2.75) is 44.7 Å². The first-order valence-corrected chi connectivity index (χ1v) is 11.4. The molecule has 1 saturated heterocycles. The zero-order chi connectivity index (χ0) is 22.1. The Morgan fingerprint density at radius 2 is 1.69 bits per heavy atom. The van der Waals surface area contributed by atoms with Crippen LogP contribution in [-0.2, 0) is 13.0 Å². The number of carbonyl (C=O) groups excluding carboxylic acids is 1. The minimum Gasteiger partial charge on any atom is -0.376 e. The monoisotopic (exact) mass is 429 g/mol. The van der Waals surface area contributed by atoms with Crippen molar-refractivity contribution in [1.29, 1.82) is 0 Å². The Kier molecular flexibility index (Phi) is 5.52. The number of nitrogens with zero attached hydrogens (tertiary/aromatic N) is 1. The van der Waals surface area contributed by atoms with Crippen LogP contribution in [0.3, 0.4) is 0 Å². The van der Waals surface area contributed by atoms with Gasteiger partial charge in [-0.25, -0.2) is 0 Å². The van der Waals surface area contributed by atoms with Gasteiger partial charge in [0, 0.05) is 25.2 Å². The lowest BCUT2D eigenvalue weighted by Gasteiger charge is -2.26. The van der Waals surface area contributed by atoms with E-state index in [9.17, 15) is 14.4 Å². The second kappa shape index (κ2) is 8.61. The van der Waals surface area contributed by atoms with Gasteiger partial charge in [0.2, 0.25) is 0 Å². The van der Waals surface area contributed by atoms with E-state index in [1.807, 2.05) is 41.3 Å². The summed E-state index contributed by atoms with van der Waals surface area (Å²) in [5.74, 6) is -0.0787. The van der Waals surface area contributed by atoms with Crippen molar-refractivity contribution < 1.29 is 4.79 Å². The maximum absolute atomic E-state index is 12.8. The summed E-state index contributed by atoms with van der Waals surface area (Å²) < 4.78 is 0. The Labute approximate surface area is 187 Å². The fourth-order valence-corrected chi connectivity index (χ4v) is 4.90. The summed E-state index contributed by atoms with van der Waals surface area (Å²) in [7, 11) is 0. The number of rotatable bonds is 6. The predicted molar refractivity (Wildman–Crippen MR) is 126 cm³/mol. The van der Waals surface area contributed by atoms with Crippen LogP contribution in [0.1, 0.15) is 58.8 Å². The zero-order valence-corrected chi connectivity index (χ0v) is 18.0. The molecule has 0 bridgehead atoms. The number of fused-ring (bicyclic) bond motifs is 1. The van der Waals surface area contributed by atoms with E-state index in [0.717, 1.165) is 50.8 Å². The molecule has 2 aliphatic rings. The van der Waals surface area contributed by atoms with Gasteiger partial charge in [-0.15, -0.1) is 0 Å². The fourth-order valence-electron chi connectivity index (χ4n) is 4.90. The average Bonchev–Trinajstić information content (AvgIpc) is 3.35. The van der Waals surface area contributed by atoms with E-state index in [-0.39, 0.29) is 17.4 Å². The molecule has 3 aromatic carbocycles. The lowest BCUT2D eigenvalue weighted by Crippen LogP contribution is -2.41. The normalized spacial score (nSPS) is 17.9. The number of amides is 1. The van der Waals surface area contributed by atoms with Gasteiger partial charge >= 0.3 is 0 Å². The standard InChI is InChI=1S/C26H27N3O3/c30-24-22(23(25(24)31)29-14-3-4-15-29)27-16-17-10-12-19(13-11-17)26(32)28-21-9-5-7-18-6-1-2-8-20(18)21/h1-2,6,8,10-13,21,27H,3-5,7,9,14-16H2,(H,28,32). The van der Waals surface area contributed by atoms with Gasteiger partial charge in [-0.3, -0.25) is 14.4 Å². The number of benzene rings is 2. The SMILES string of the molecule is O=C(NC1CCCc2ccccc21)c1ccc(CNc2c(N3CCCC3)c(=O)c2=O)cc1. The van der Waals surface area contributed by atoms with Crippen LogP contribution in [0, 0.1) is 0 Å². The number of aryl methyl sites for hydroxylation is 1. The number of carbonyl (C=O) groups is 1. The van der Waals surface area contributed by atoms with E-state index in [2.05, 4.69) is 22.8 Å². The Morgan fingerprint density at radius 3 is 2.47 bits per heavy atom. The number of anilines is 2. The van der Waals surface area contributed by atoms with E-state index in [4.69, 9.17) is 0 Å². The molecule has 32 heavy (non-hydrogen) atoms. The first-order valence-electron chi connectivity index (χ1n) is 11.4. The van der Waals surface area contributed by atoms with Crippen LogP contribution >= 0.6 is 0 Å². The second-order valence-corrected chi connectivity index (χ2v) is 8.74. The molecule has 6 heteroatoms. The molecule has 0 saturated carbocycles. The molecule has 1 aliphatic carbocycles. The highest BCUT2D eigenvalue weighted by Gasteiger charge is 2.27. The lowest BCUT2D eigenvalue weighted by atomic mass is 9.87. The van der Waals surface area contributed by atoms with Crippen molar-refractivity contribution in [1.82, 2.24) is 5.32 Å². The molecule has 3 aromatic rings. The Balaban J connectivity index is 1.22. The molecule has 164 valence electrons. The van der Waals surface area contributed by atoms with E-state index >= 15 is 0 Å². The van der Waals surface area contributed by atoms with Crippen LogP contribution in [-0.4, -0.2) is 19.0 Å². The van der Waals surface area contributed by atoms with Crippen molar-refractivity contribution in [3.63, 3.8) is 0 Å². The van der Waals surface area contributed by atoms with Gasteiger partial charge in [0.05, 0.1) is 6.04 Å². The first-order chi connectivity index (χ1) is 15.6. The molecule has 1 heterocycles. The summed E-state index contributed by atoms with van der Waals surface area (Å²) in [4.78, 5) is 38.8. The molecular formula is C26H27N3O3. The molecule has 1 amide bonds. The van der Waals surface area contributed by atoms with Gasteiger partial charge in [-0.1, -0.05) is 36.4 Å². The Bertz CT molecular complexity index is 1200. The fraction of sp³-hybridized carbons (Fsp3) is 0.346. The van der Waals surface area contributed by atoms with Gasteiger partial charge < -0.3 is 15.5 Å². The van der Waals surface area contributed by atoms with E-state index < -0.39 is 5.43 Å². The average molecular weight is 430 g/mol. The molecule has 1 aliphatic heterocycles. The summed E-state index contributed by atoms with van der Waals surface area (Å²) in [5.41, 5.74) is 4.24. The molecule has 1 atom stereocenters. The summed E-state index contributed by atoms with van der Waals surface area (Å²) in [6, 6.07) is 15.8. The van der Waals surface area contributed by atoms with Gasteiger partial charge in [-0.05, 0) is 60.9 Å². The predicted octanol–water partition coefficient (Wildman–Crippen LogP) is 3.30. The van der Waals surface area contributed by atoms with E-state index in [0.29, 0.717) is 23.5 Å². The van der Waals surface area contributed by atoms with Crippen LogP contribution in [0.2, 0.25) is 0 Å². The molecular weight excluding hydrogens is 402 g/mol. The lowest BCUT2D eigenvalue weighted by molar-refractivity contribution is 0.0932. The van der Waals surface area contributed by atoms with Crippen molar-refractivity contribution >= 4 is 17.3 Å². The summed E-state index contributed by atoms with van der Waals surface area (Å²) in [6.45, 7) is 2.09. The van der Waals surface area contributed by atoms with Crippen LogP contribution in [0.5, 0.6) is 0 Å². The molecule has 1 fully saturated rings. The van der Waals surface area contributed by atoms with Crippen molar-refractivity contribution in [2.75, 3.05) is 23.3 Å². The van der Waals surface area contributed by atoms with Crippen molar-refractivity contribution in [3.8, 4) is 0 Å². The summed E-state index contributed by atoms with van der Waals surface area (Å²) in [6.07, 6.45) is 5.19. The maximum atomic E-state index is 12.8. The minimum absolute atomic E-state index is 0.0481. The molecule has 0 spiro atoms. The molecule has 5 rings (SSSR count). The van der Waals surface area contributed by atoms with E-state index in [1.54, 1.807) is 0 Å². The van der Waals surface area contributed by atoms with Crippen LogP contribution in [0.25, 0.3) is 0 Å². The topological polar surface area (TPSA) is 78.5 Å². The number of nitrogens with one attached hydrogen (secondary N) is 2. The van der Waals surface area contributed by atoms with Crippen LogP contribution < -0.4 is 26.4 Å². The third kappa shape index (κ3) is 3.81. The first kappa shape index (κ1) is 20.5. The van der Waals surface area contributed by atoms with Crippen LogP contribution in [0.15, 0.2) is 58.1 Å². The Morgan fingerprint density at radius 1 is 0.938 bits per heavy atom. The maximum Gasteiger partial charge on any atom is 0.253 e.